The van der Waals surface area contributed by atoms with Crippen LogP contribution >= 0.6 is 0 Å². The first-order valence-corrected chi connectivity index (χ1v) is 11.3. The smallest absolute Gasteiger partial charge is 0.416 e. The molecule has 0 bridgehead atoms. The van der Waals surface area contributed by atoms with Gasteiger partial charge in [0.15, 0.2) is 5.58 Å². The molecule has 0 fully saturated rings. The fourth-order valence-electron chi connectivity index (χ4n) is 4.31. The topological polar surface area (TPSA) is 97.4 Å². The lowest BCUT2D eigenvalue weighted by molar-refractivity contribution is -0.137. The number of fused-ring (bicyclic) bond motifs is 3. The Kier molecular flexibility index (Phi) is 5.94. The van der Waals surface area contributed by atoms with Gasteiger partial charge < -0.3 is 19.5 Å². The number of carboxylic acid groups (broad SMARTS) is 1. The first kappa shape index (κ1) is 24.1. The zero-order chi connectivity index (χ0) is 26.3. The van der Waals surface area contributed by atoms with Gasteiger partial charge in [-0.2, -0.15) is 13.2 Å². The number of carbonyl (C=O) groups excluding carboxylic acids is 1. The third kappa shape index (κ3) is 4.65. The van der Waals surface area contributed by atoms with Crippen LogP contribution < -0.4 is 5.32 Å². The van der Waals surface area contributed by atoms with Gasteiger partial charge in [-0.1, -0.05) is 29.4 Å². The number of benzene rings is 3. The molecule has 0 radical (unpaired) electrons. The number of nitrogens with zero attached hydrogens (tertiary/aromatic N) is 2. The van der Waals surface area contributed by atoms with E-state index in [9.17, 15) is 22.8 Å². The highest BCUT2D eigenvalue weighted by Gasteiger charge is 2.30. The molecule has 0 aliphatic rings. The number of halogens is 3. The van der Waals surface area contributed by atoms with Crippen LogP contribution in [0.4, 0.5) is 13.2 Å². The highest BCUT2D eigenvalue weighted by atomic mass is 19.4. The number of amides is 1. The molecule has 10 heteroatoms. The average Bonchev–Trinajstić information content (AvgIpc) is 3.50. The van der Waals surface area contributed by atoms with Gasteiger partial charge in [-0.05, 0) is 54.4 Å². The van der Waals surface area contributed by atoms with Crippen molar-refractivity contribution < 1.29 is 32.4 Å². The monoisotopic (exact) mass is 507 g/mol. The third-order valence-electron chi connectivity index (χ3n) is 6.25. The second-order valence-corrected chi connectivity index (χ2v) is 8.69. The van der Waals surface area contributed by atoms with E-state index < -0.39 is 23.8 Å². The number of rotatable bonds is 6. The van der Waals surface area contributed by atoms with Crippen molar-refractivity contribution in [2.75, 3.05) is 0 Å². The normalized spacial score (nSPS) is 12.6. The lowest BCUT2D eigenvalue weighted by Gasteiger charge is -2.16. The van der Waals surface area contributed by atoms with E-state index >= 15 is 0 Å². The molecule has 7 nitrogen and oxygen atoms in total. The Labute approximate surface area is 208 Å². The Morgan fingerprint density at radius 2 is 1.78 bits per heavy atom. The molecular weight excluding hydrogens is 487 g/mol. The van der Waals surface area contributed by atoms with Crippen molar-refractivity contribution in [2.45, 2.75) is 25.7 Å². The maximum Gasteiger partial charge on any atom is 0.416 e. The Morgan fingerprint density at radius 1 is 1.08 bits per heavy atom. The van der Waals surface area contributed by atoms with Crippen LogP contribution in [0, 0.1) is 0 Å². The molecule has 5 aromatic rings. The predicted molar refractivity (Wildman–Crippen MR) is 129 cm³/mol. The zero-order valence-electron chi connectivity index (χ0n) is 19.4. The molecule has 0 unspecified atom stereocenters. The minimum Gasteiger partial charge on any atom is -0.478 e. The summed E-state index contributed by atoms with van der Waals surface area (Å²) in [5, 5.41) is 17.2. The number of hydrogen-bond donors (Lipinski definition) is 2. The van der Waals surface area contributed by atoms with Crippen LogP contribution in [-0.2, 0) is 12.7 Å². The summed E-state index contributed by atoms with van der Waals surface area (Å²) in [6, 6.07) is 14.1. The van der Waals surface area contributed by atoms with Gasteiger partial charge in [-0.15, -0.1) is 0 Å². The second-order valence-electron chi connectivity index (χ2n) is 8.69. The molecular formula is C27H20F3N3O4. The van der Waals surface area contributed by atoms with Gasteiger partial charge >= 0.3 is 12.1 Å². The van der Waals surface area contributed by atoms with Crippen molar-refractivity contribution in [3.8, 4) is 0 Å². The van der Waals surface area contributed by atoms with E-state index in [1.54, 1.807) is 42.0 Å². The first-order chi connectivity index (χ1) is 17.6. The van der Waals surface area contributed by atoms with Crippen LogP contribution in [0.2, 0.25) is 0 Å². The van der Waals surface area contributed by atoms with Crippen molar-refractivity contribution in [3.05, 3.63) is 101 Å². The molecule has 0 aliphatic carbocycles. The molecule has 2 aromatic heterocycles. The van der Waals surface area contributed by atoms with Gasteiger partial charge in [0.1, 0.15) is 0 Å². The number of nitrogens with one attached hydrogen (secondary N) is 1. The Hall–Kier alpha value is -4.60. The summed E-state index contributed by atoms with van der Waals surface area (Å²) in [5.74, 6) is -1.42. The highest BCUT2D eigenvalue weighted by molar-refractivity contribution is 6.14. The molecule has 2 heterocycles. The Morgan fingerprint density at radius 3 is 2.43 bits per heavy atom. The van der Waals surface area contributed by atoms with Crippen LogP contribution in [0.1, 0.15) is 50.4 Å². The van der Waals surface area contributed by atoms with Gasteiger partial charge in [0, 0.05) is 23.5 Å². The molecule has 5 rings (SSSR count). The van der Waals surface area contributed by atoms with Crippen molar-refractivity contribution in [3.63, 3.8) is 0 Å². The lowest BCUT2D eigenvalue weighted by atomic mass is 10.0. The van der Waals surface area contributed by atoms with Crippen LogP contribution in [-0.4, -0.2) is 26.7 Å². The van der Waals surface area contributed by atoms with Crippen LogP contribution in [0.5, 0.6) is 0 Å². The summed E-state index contributed by atoms with van der Waals surface area (Å²) in [6.45, 7) is 2.01. The summed E-state index contributed by atoms with van der Waals surface area (Å²) < 4.78 is 46.0. The number of carbonyl (C=O) groups is 2. The summed E-state index contributed by atoms with van der Waals surface area (Å²) in [7, 11) is 0. The van der Waals surface area contributed by atoms with Gasteiger partial charge in [0.05, 0.1) is 34.4 Å². The van der Waals surface area contributed by atoms with Crippen molar-refractivity contribution in [1.29, 1.82) is 0 Å². The van der Waals surface area contributed by atoms with E-state index in [1.165, 1.54) is 30.5 Å². The summed E-state index contributed by atoms with van der Waals surface area (Å²) in [4.78, 5) is 24.6. The third-order valence-corrected chi connectivity index (χ3v) is 6.25. The van der Waals surface area contributed by atoms with Crippen LogP contribution in [0.25, 0.3) is 21.9 Å². The number of hydrogen-bond acceptors (Lipinski definition) is 4. The molecule has 37 heavy (non-hydrogen) atoms. The predicted octanol–water partition coefficient (Wildman–Crippen LogP) is 6.04. The quantitative estimate of drug-likeness (QED) is 0.292. The van der Waals surface area contributed by atoms with E-state index in [-0.39, 0.29) is 18.0 Å². The molecule has 2 N–H and O–H groups in total. The van der Waals surface area contributed by atoms with Gasteiger partial charge in [-0.3, -0.25) is 4.79 Å². The summed E-state index contributed by atoms with van der Waals surface area (Å²) >= 11 is 0. The maximum atomic E-state index is 13.4. The number of aromatic nitrogens is 2. The van der Waals surface area contributed by atoms with Crippen LogP contribution in [0.3, 0.4) is 0 Å². The molecule has 0 aliphatic heterocycles. The molecule has 188 valence electrons. The SMILES string of the molecule is C[C@H](NC(=O)c1cc2cnoc2c2ccn(Cc3ccc(C(F)(F)F)cc3)c12)c1ccc(C(=O)O)cc1. The number of alkyl halides is 3. The van der Waals surface area contributed by atoms with E-state index in [0.29, 0.717) is 33.0 Å². The molecule has 3 aromatic carbocycles. The zero-order valence-corrected chi connectivity index (χ0v) is 19.4. The highest BCUT2D eigenvalue weighted by Crippen LogP contribution is 2.32. The Bertz CT molecular complexity index is 1620. The van der Waals surface area contributed by atoms with Gasteiger partial charge in [0.2, 0.25) is 0 Å². The minimum atomic E-state index is -4.42. The lowest BCUT2D eigenvalue weighted by Crippen LogP contribution is -2.27. The first-order valence-electron chi connectivity index (χ1n) is 11.3. The molecule has 1 amide bonds. The number of aromatic carboxylic acids is 1. The van der Waals surface area contributed by atoms with Crippen LogP contribution in [0.15, 0.2) is 77.6 Å². The molecule has 0 saturated carbocycles. The summed E-state index contributed by atoms with van der Waals surface area (Å²) in [6.07, 6.45) is -1.17. The van der Waals surface area contributed by atoms with E-state index in [2.05, 4.69) is 10.5 Å². The van der Waals surface area contributed by atoms with E-state index in [1.807, 2.05) is 0 Å². The van der Waals surface area contributed by atoms with Crippen molar-refractivity contribution in [2.24, 2.45) is 0 Å². The average molecular weight is 507 g/mol. The van der Waals surface area contributed by atoms with E-state index in [4.69, 9.17) is 9.63 Å². The fraction of sp³-hybridized carbons (Fsp3) is 0.148. The fourth-order valence-corrected chi connectivity index (χ4v) is 4.31. The standard InChI is InChI=1S/C27H20F3N3O4/c1-15(17-4-6-18(7-5-17)26(35)36)32-25(34)22-12-19-13-31-37-24(19)21-10-11-33(23(21)22)14-16-2-8-20(9-3-16)27(28,29)30/h2-13,15H,14H2,1H3,(H,32,34)(H,35,36)/t15-/m0/s1. The molecule has 0 saturated heterocycles. The van der Waals surface area contributed by atoms with Crippen molar-refractivity contribution in [1.82, 2.24) is 15.0 Å². The van der Waals surface area contributed by atoms with Crippen molar-refractivity contribution >= 4 is 33.7 Å². The second kappa shape index (κ2) is 9.12. The Balaban J connectivity index is 1.49. The number of carboxylic acids is 1. The minimum absolute atomic E-state index is 0.142. The van der Waals surface area contributed by atoms with E-state index in [0.717, 1.165) is 17.7 Å². The van der Waals surface area contributed by atoms with Gasteiger partial charge in [0.25, 0.3) is 5.91 Å². The maximum absolute atomic E-state index is 13.4. The molecule has 1 atom stereocenters. The van der Waals surface area contributed by atoms with Gasteiger partial charge in [-0.25, -0.2) is 4.79 Å². The summed E-state index contributed by atoms with van der Waals surface area (Å²) in [5.41, 5.74) is 2.15. The largest absolute Gasteiger partial charge is 0.478 e. The molecule has 0 spiro atoms.